The smallest absolute Gasteiger partial charge is 0.0488 e. The lowest BCUT2D eigenvalue weighted by Crippen LogP contribution is -2.04. The Kier molecular flexibility index (Phi) is 12.8. The maximum Gasteiger partial charge on any atom is 0.0488 e. The van der Waals surface area contributed by atoms with E-state index in [2.05, 4.69) is 6.92 Å². The highest BCUT2D eigenvalue weighted by Gasteiger charge is 1.90. The van der Waals surface area contributed by atoms with Gasteiger partial charge in [0.05, 0.1) is 0 Å². The quantitative estimate of drug-likeness (QED) is 0.481. The molecular formula is C11H23O3. The van der Waals surface area contributed by atoms with Gasteiger partial charge in [-0.15, -0.1) is 0 Å². The Balaban J connectivity index is 2.78. The first kappa shape index (κ1) is 13.9. The molecule has 0 fully saturated rings. The molecule has 0 unspecified atom stereocenters. The van der Waals surface area contributed by atoms with E-state index in [4.69, 9.17) is 14.2 Å². The highest BCUT2D eigenvalue weighted by molar-refractivity contribution is 4.39. The van der Waals surface area contributed by atoms with Crippen LogP contribution in [0.1, 0.15) is 26.2 Å². The molecule has 1 radical (unpaired) electrons. The van der Waals surface area contributed by atoms with Gasteiger partial charge < -0.3 is 14.2 Å². The van der Waals surface area contributed by atoms with E-state index in [9.17, 15) is 0 Å². The fourth-order valence-electron chi connectivity index (χ4n) is 0.977. The molecule has 0 saturated heterocycles. The summed E-state index contributed by atoms with van der Waals surface area (Å²) in [6.45, 7) is 10.4. The molecule has 0 rings (SSSR count). The number of ether oxygens (including phenoxy) is 3. The molecule has 0 N–H and O–H groups in total. The van der Waals surface area contributed by atoms with Crippen LogP contribution in [-0.2, 0) is 14.2 Å². The molecule has 14 heavy (non-hydrogen) atoms. The molecule has 0 aliphatic carbocycles. The standard InChI is InChI=1S/C11H23O3/c1-3-7-13-9-6-11-14-10-5-8-12-4-2/h1,3-11H2,2H3. The van der Waals surface area contributed by atoms with Crippen molar-refractivity contribution in [1.29, 1.82) is 0 Å². The molecule has 0 bridgehead atoms. The Labute approximate surface area is 87.7 Å². The Hall–Kier alpha value is -0.120. The molecule has 3 heteroatoms. The maximum absolute atomic E-state index is 5.38. The van der Waals surface area contributed by atoms with E-state index in [-0.39, 0.29) is 0 Å². The van der Waals surface area contributed by atoms with Gasteiger partial charge in [-0.3, -0.25) is 0 Å². The summed E-state index contributed by atoms with van der Waals surface area (Å²) in [7, 11) is 0. The van der Waals surface area contributed by atoms with E-state index in [1.165, 1.54) is 0 Å². The fourth-order valence-corrected chi connectivity index (χ4v) is 0.977. The van der Waals surface area contributed by atoms with Gasteiger partial charge in [0, 0.05) is 39.6 Å². The normalized spacial score (nSPS) is 10.7. The average Bonchev–Trinajstić information content (AvgIpc) is 2.21. The summed E-state index contributed by atoms with van der Waals surface area (Å²) < 4.78 is 15.8. The Morgan fingerprint density at radius 1 is 0.786 bits per heavy atom. The fraction of sp³-hybridized carbons (Fsp3) is 0.909. The number of hydrogen-bond acceptors (Lipinski definition) is 3. The Bertz CT molecular complexity index is 84.5. The van der Waals surface area contributed by atoms with E-state index in [1.54, 1.807) is 0 Å². The second-order valence-electron chi connectivity index (χ2n) is 2.98. The summed E-state index contributed by atoms with van der Waals surface area (Å²) in [5.74, 6) is 0. The van der Waals surface area contributed by atoms with Crippen LogP contribution in [0.4, 0.5) is 0 Å². The molecule has 0 saturated carbocycles. The summed E-state index contributed by atoms with van der Waals surface area (Å²) in [4.78, 5) is 0. The van der Waals surface area contributed by atoms with Crippen LogP contribution >= 0.6 is 0 Å². The number of rotatable bonds is 11. The molecule has 0 atom stereocenters. The van der Waals surface area contributed by atoms with Crippen molar-refractivity contribution in [1.82, 2.24) is 0 Å². The lowest BCUT2D eigenvalue weighted by atomic mass is 10.4. The van der Waals surface area contributed by atoms with Crippen LogP contribution in [0.3, 0.4) is 0 Å². The van der Waals surface area contributed by atoms with Crippen molar-refractivity contribution in [2.75, 3.05) is 39.6 Å². The third kappa shape index (κ3) is 11.9. The first-order chi connectivity index (χ1) is 6.91. The van der Waals surface area contributed by atoms with Gasteiger partial charge in [0.2, 0.25) is 0 Å². The first-order valence-corrected chi connectivity index (χ1v) is 5.44. The monoisotopic (exact) mass is 203 g/mol. The van der Waals surface area contributed by atoms with Gasteiger partial charge in [-0.05, 0) is 26.2 Å². The molecule has 0 aromatic heterocycles. The average molecular weight is 203 g/mol. The van der Waals surface area contributed by atoms with Gasteiger partial charge in [0.1, 0.15) is 0 Å². The summed E-state index contributed by atoms with van der Waals surface area (Å²) >= 11 is 0. The third-order valence-corrected chi connectivity index (χ3v) is 1.65. The minimum absolute atomic E-state index is 0.754. The second kappa shape index (κ2) is 12.9. The highest BCUT2D eigenvalue weighted by Crippen LogP contribution is 1.89. The van der Waals surface area contributed by atoms with Gasteiger partial charge in [-0.2, -0.15) is 0 Å². The third-order valence-electron chi connectivity index (χ3n) is 1.65. The van der Waals surface area contributed by atoms with Crippen LogP contribution in [0.15, 0.2) is 0 Å². The molecule has 0 aromatic carbocycles. The minimum Gasteiger partial charge on any atom is -0.382 e. The van der Waals surface area contributed by atoms with Gasteiger partial charge >= 0.3 is 0 Å². The van der Waals surface area contributed by atoms with Crippen molar-refractivity contribution in [3.63, 3.8) is 0 Å². The van der Waals surface area contributed by atoms with E-state index in [0.717, 1.165) is 58.9 Å². The van der Waals surface area contributed by atoms with Gasteiger partial charge in [0.25, 0.3) is 0 Å². The maximum atomic E-state index is 5.38. The summed E-state index contributed by atoms with van der Waals surface area (Å²) in [6, 6.07) is 0. The predicted octanol–water partition coefficient (Wildman–Crippen LogP) is 2.06. The van der Waals surface area contributed by atoms with Crippen LogP contribution < -0.4 is 0 Å². The van der Waals surface area contributed by atoms with Crippen molar-refractivity contribution in [2.24, 2.45) is 0 Å². The summed E-state index contributed by atoms with van der Waals surface area (Å²) in [6.07, 6.45) is 2.79. The largest absolute Gasteiger partial charge is 0.382 e. The topological polar surface area (TPSA) is 27.7 Å². The molecule has 0 spiro atoms. The van der Waals surface area contributed by atoms with Gasteiger partial charge in [-0.1, -0.05) is 6.92 Å². The lowest BCUT2D eigenvalue weighted by Gasteiger charge is -2.04. The van der Waals surface area contributed by atoms with E-state index in [1.807, 2.05) is 6.92 Å². The number of hydrogen-bond donors (Lipinski definition) is 0. The first-order valence-electron chi connectivity index (χ1n) is 5.44. The van der Waals surface area contributed by atoms with E-state index >= 15 is 0 Å². The SMILES string of the molecule is [CH2]CCOCCCOCCCOCC. The van der Waals surface area contributed by atoms with Crippen LogP contribution in [-0.4, -0.2) is 39.6 Å². The zero-order valence-electron chi connectivity index (χ0n) is 9.30. The van der Waals surface area contributed by atoms with Gasteiger partial charge in [0.15, 0.2) is 0 Å². The zero-order chi connectivity index (χ0) is 10.5. The predicted molar refractivity (Wildman–Crippen MR) is 57.3 cm³/mol. The van der Waals surface area contributed by atoms with Crippen molar-refractivity contribution < 1.29 is 14.2 Å². The van der Waals surface area contributed by atoms with Crippen LogP contribution in [0.2, 0.25) is 0 Å². The summed E-state index contributed by atoms with van der Waals surface area (Å²) in [5.41, 5.74) is 0. The molecule has 0 aliphatic rings. The van der Waals surface area contributed by atoms with Gasteiger partial charge in [-0.25, -0.2) is 0 Å². The zero-order valence-corrected chi connectivity index (χ0v) is 9.30. The molecule has 0 aromatic rings. The van der Waals surface area contributed by atoms with Crippen molar-refractivity contribution >= 4 is 0 Å². The van der Waals surface area contributed by atoms with Crippen LogP contribution in [0.5, 0.6) is 0 Å². The minimum atomic E-state index is 0.754. The molecule has 85 valence electrons. The van der Waals surface area contributed by atoms with Crippen molar-refractivity contribution in [3.05, 3.63) is 6.92 Å². The Morgan fingerprint density at radius 3 is 1.79 bits per heavy atom. The highest BCUT2D eigenvalue weighted by atomic mass is 16.5. The lowest BCUT2D eigenvalue weighted by molar-refractivity contribution is 0.0666. The molecule has 0 aliphatic heterocycles. The molecule has 3 nitrogen and oxygen atoms in total. The second-order valence-corrected chi connectivity index (χ2v) is 2.98. The van der Waals surface area contributed by atoms with E-state index in [0.29, 0.717) is 0 Å². The molecule has 0 amide bonds. The van der Waals surface area contributed by atoms with Crippen molar-refractivity contribution in [2.45, 2.75) is 26.2 Å². The molecular weight excluding hydrogens is 180 g/mol. The Morgan fingerprint density at radius 2 is 1.29 bits per heavy atom. The van der Waals surface area contributed by atoms with Crippen LogP contribution in [0.25, 0.3) is 0 Å². The van der Waals surface area contributed by atoms with E-state index < -0.39 is 0 Å². The van der Waals surface area contributed by atoms with Crippen LogP contribution in [0, 0.1) is 6.92 Å². The summed E-state index contributed by atoms with van der Waals surface area (Å²) in [5, 5.41) is 0. The van der Waals surface area contributed by atoms with Crippen molar-refractivity contribution in [3.8, 4) is 0 Å². The molecule has 0 heterocycles.